The quantitative estimate of drug-likeness (QED) is 0.201. The van der Waals surface area contributed by atoms with E-state index in [0.29, 0.717) is 17.8 Å². The van der Waals surface area contributed by atoms with E-state index in [1.807, 2.05) is 0 Å². The first kappa shape index (κ1) is 32.3. The summed E-state index contributed by atoms with van der Waals surface area (Å²) in [5.74, 6) is 2.91. The summed E-state index contributed by atoms with van der Waals surface area (Å²) >= 11 is 0. The van der Waals surface area contributed by atoms with Crippen LogP contribution < -0.4 is 0 Å². The van der Waals surface area contributed by atoms with Crippen LogP contribution >= 0.6 is 0 Å². The van der Waals surface area contributed by atoms with Crippen LogP contribution in [0.4, 0.5) is 0 Å². The minimum absolute atomic E-state index is 0.00562. The van der Waals surface area contributed by atoms with Crippen molar-refractivity contribution in [2.75, 3.05) is 0 Å². The van der Waals surface area contributed by atoms with Crippen molar-refractivity contribution in [1.29, 1.82) is 0 Å². The number of rotatable bonds is 9. The van der Waals surface area contributed by atoms with Gasteiger partial charge in [0.05, 0.1) is 0 Å². The van der Waals surface area contributed by atoms with Crippen molar-refractivity contribution < 1.29 is 9.53 Å². The predicted molar refractivity (Wildman–Crippen MR) is 177 cm³/mol. The SMILES string of the molecule is CCCCCCCCCC(=O)OC1CCC2(C)C3=CC=C4C5C(C)C(C)CCC5(C)CCC4(C)C3(C)CCC2C1(C)C. The van der Waals surface area contributed by atoms with Crippen LogP contribution in [0.1, 0.15) is 165 Å². The Balaban J connectivity index is 1.33. The van der Waals surface area contributed by atoms with Crippen molar-refractivity contribution in [3.8, 4) is 0 Å². The highest BCUT2D eigenvalue weighted by Crippen LogP contribution is 2.74. The molecule has 0 amide bonds. The number of ether oxygens (including phenoxy) is 1. The number of allylic oxidation sites excluding steroid dienone is 4. The molecule has 0 aliphatic heterocycles. The van der Waals surface area contributed by atoms with Crippen LogP contribution in [0, 0.1) is 50.7 Å². The second-order valence-corrected chi connectivity index (χ2v) is 17.6. The van der Waals surface area contributed by atoms with Gasteiger partial charge in [0.1, 0.15) is 6.10 Å². The van der Waals surface area contributed by atoms with Gasteiger partial charge in [0.25, 0.3) is 0 Å². The van der Waals surface area contributed by atoms with Crippen molar-refractivity contribution in [3.05, 3.63) is 23.3 Å². The third kappa shape index (κ3) is 5.09. The van der Waals surface area contributed by atoms with Gasteiger partial charge in [-0.05, 0) is 103 Å². The van der Waals surface area contributed by atoms with Crippen LogP contribution in [0.2, 0.25) is 0 Å². The maximum atomic E-state index is 13.0. The normalized spacial score (nSPS) is 44.1. The lowest BCUT2D eigenvalue weighted by atomic mass is 9.36. The van der Waals surface area contributed by atoms with Gasteiger partial charge in [-0.3, -0.25) is 4.79 Å². The van der Waals surface area contributed by atoms with Crippen LogP contribution in [0.25, 0.3) is 0 Å². The zero-order valence-electron chi connectivity index (χ0n) is 29.2. The van der Waals surface area contributed by atoms with Crippen molar-refractivity contribution >= 4 is 5.97 Å². The summed E-state index contributed by atoms with van der Waals surface area (Å²) < 4.78 is 6.33. The van der Waals surface area contributed by atoms with Gasteiger partial charge >= 0.3 is 5.97 Å². The monoisotopic (exact) mass is 579 g/mol. The van der Waals surface area contributed by atoms with E-state index in [4.69, 9.17) is 4.74 Å². The largest absolute Gasteiger partial charge is 0.462 e. The zero-order chi connectivity index (χ0) is 30.6. The summed E-state index contributed by atoms with van der Waals surface area (Å²) in [6, 6.07) is 0. The molecule has 0 spiro atoms. The molecule has 4 saturated carbocycles. The van der Waals surface area contributed by atoms with Crippen LogP contribution in [0.5, 0.6) is 0 Å². The third-order valence-corrected chi connectivity index (χ3v) is 15.0. The molecule has 5 rings (SSSR count). The molecule has 0 aromatic heterocycles. The molecule has 238 valence electrons. The molecule has 0 aromatic rings. The maximum Gasteiger partial charge on any atom is 0.306 e. The average molecular weight is 579 g/mol. The number of carbonyl (C=O) groups excluding carboxylic acids is 1. The first-order chi connectivity index (χ1) is 19.7. The fourth-order valence-electron chi connectivity index (χ4n) is 11.8. The van der Waals surface area contributed by atoms with E-state index in [1.165, 1.54) is 70.6 Å². The van der Waals surface area contributed by atoms with E-state index >= 15 is 0 Å². The molecular weight excluding hydrogens is 512 g/mol. The number of carbonyl (C=O) groups is 1. The Kier molecular flexibility index (Phi) is 9.02. The van der Waals surface area contributed by atoms with Crippen LogP contribution in [-0.4, -0.2) is 12.1 Å². The van der Waals surface area contributed by atoms with E-state index in [9.17, 15) is 4.79 Å². The van der Waals surface area contributed by atoms with Gasteiger partial charge in [-0.15, -0.1) is 0 Å². The smallest absolute Gasteiger partial charge is 0.306 e. The van der Waals surface area contributed by atoms with Gasteiger partial charge in [-0.1, -0.05) is 124 Å². The standard InChI is InChI=1S/C40H66O2/c1-10-11-12-13-14-15-16-17-34(41)42-33-22-24-38(7)31(36(33,4)5)21-25-40(9)32(38)19-18-30-35-29(3)28(2)20-23-37(35,6)26-27-39(30,40)8/h18-19,28-29,31,33,35H,10-17,20-27H2,1-9H3. The molecule has 9 unspecified atom stereocenters. The molecule has 5 aliphatic rings. The van der Waals surface area contributed by atoms with Crippen LogP contribution in [0.3, 0.4) is 0 Å². The first-order valence-corrected chi connectivity index (χ1v) is 18.4. The van der Waals surface area contributed by atoms with Crippen molar-refractivity contribution in [3.63, 3.8) is 0 Å². The van der Waals surface area contributed by atoms with Gasteiger partial charge in [0.2, 0.25) is 0 Å². The molecule has 2 nitrogen and oxygen atoms in total. The Morgan fingerprint density at radius 2 is 1.48 bits per heavy atom. The molecule has 42 heavy (non-hydrogen) atoms. The number of esters is 1. The fourth-order valence-corrected chi connectivity index (χ4v) is 11.8. The minimum Gasteiger partial charge on any atom is -0.462 e. The Bertz CT molecular complexity index is 1070. The zero-order valence-corrected chi connectivity index (χ0v) is 29.2. The lowest BCUT2D eigenvalue weighted by molar-refractivity contribution is -0.174. The van der Waals surface area contributed by atoms with Crippen LogP contribution in [-0.2, 0) is 9.53 Å². The molecule has 0 radical (unpaired) electrons. The topological polar surface area (TPSA) is 26.3 Å². The van der Waals surface area contributed by atoms with Gasteiger partial charge in [0.15, 0.2) is 0 Å². The van der Waals surface area contributed by atoms with Gasteiger partial charge in [-0.25, -0.2) is 0 Å². The number of hydrogen-bond donors (Lipinski definition) is 0. The van der Waals surface area contributed by atoms with E-state index in [-0.39, 0.29) is 33.7 Å². The first-order valence-electron chi connectivity index (χ1n) is 18.4. The molecular formula is C40H66O2. The molecule has 4 fully saturated rings. The summed E-state index contributed by atoms with van der Waals surface area (Å²) in [5.41, 5.74) is 4.66. The third-order valence-electron chi connectivity index (χ3n) is 15.0. The van der Waals surface area contributed by atoms with Gasteiger partial charge in [-0.2, -0.15) is 0 Å². The van der Waals surface area contributed by atoms with Crippen LogP contribution in [0.15, 0.2) is 23.3 Å². The second kappa shape index (κ2) is 11.7. The summed E-state index contributed by atoms with van der Waals surface area (Å²) in [4.78, 5) is 13.0. The number of hydrogen-bond acceptors (Lipinski definition) is 2. The molecule has 0 N–H and O–H groups in total. The van der Waals surface area contributed by atoms with E-state index in [2.05, 4.69) is 74.5 Å². The molecule has 2 heteroatoms. The van der Waals surface area contributed by atoms with Crippen molar-refractivity contribution in [1.82, 2.24) is 0 Å². The Morgan fingerprint density at radius 3 is 2.19 bits per heavy atom. The summed E-state index contributed by atoms with van der Waals surface area (Å²) in [6.45, 7) is 22.7. The molecule has 9 atom stereocenters. The average Bonchev–Trinajstić information content (AvgIpc) is 2.93. The van der Waals surface area contributed by atoms with Crippen molar-refractivity contribution in [2.24, 2.45) is 50.7 Å². The molecule has 0 bridgehead atoms. The molecule has 0 aromatic carbocycles. The highest BCUT2D eigenvalue weighted by molar-refractivity contribution is 5.69. The molecule has 5 aliphatic carbocycles. The van der Waals surface area contributed by atoms with Gasteiger partial charge < -0.3 is 4.74 Å². The summed E-state index contributed by atoms with van der Waals surface area (Å²) in [5, 5.41) is 0. The number of fused-ring (bicyclic) bond motifs is 7. The molecule has 0 heterocycles. The van der Waals surface area contributed by atoms with Gasteiger partial charge in [0, 0.05) is 11.8 Å². The van der Waals surface area contributed by atoms with Crippen molar-refractivity contribution in [2.45, 2.75) is 171 Å². The predicted octanol–water partition coefficient (Wildman–Crippen LogP) is 11.6. The highest BCUT2D eigenvalue weighted by atomic mass is 16.5. The van der Waals surface area contributed by atoms with E-state index < -0.39 is 0 Å². The maximum absolute atomic E-state index is 13.0. The fraction of sp³-hybridized carbons (Fsp3) is 0.875. The Labute approximate surface area is 260 Å². The summed E-state index contributed by atoms with van der Waals surface area (Å²) in [7, 11) is 0. The van der Waals surface area contributed by atoms with E-state index in [0.717, 1.165) is 43.4 Å². The number of unbranched alkanes of at least 4 members (excludes halogenated alkanes) is 6. The lowest BCUT2D eigenvalue weighted by Crippen LogP contribution is -2.61. The highest BCUT2D eigenvalue weighted by Gasteiger charge is 2.66. The Hall–Kier alpha value is -1.05. The lowest BCUT2D eigenvalue weighted by Gasteiger charge is -2.69. The Morgan fingerprint density at radius 1 is 0.786 bits per heavy atom. The minimum atomic E-state index is -0.00562. The second-order valence-electron chi connectivity index (χ2n) is 17.6. The van der Waals surface area contributed by atoms with E-state index in [1.54, 1.807) is 11.1 Å². The molecule has 0 saturated heterocycles. The summed E-state index contributed by atoms with van der Waals surface area (Å²) in [6.07, 6.45) is 24.8.